The quantitative estimate of drug-likeness (QED) is 0.336. The first-order valence-electron chi connectivity index (χ1n) is 12.6. The minimum absolute atomic E-state index is 0.306. The number of fused-ring (bicyclic) bond motifs is 2. The van der Waals surface area contributed by atoms with E-state index < -0.39 is 0 Å². The van der Waals surface area contributed by atoms with Crippen molar-refractivity contribution in [2.75, 3.05) is 0 Å². The Balaban J connectivity index is 1.69. The number of hydrogen-bond donors (Lipinski definition) is 2. The summed E-state index contributed by atoms with van der Waals surface area (Å²) in [5.74, 6) is 0.611. The molecule has 4 aromatic carbocycles. The summed E-state index contributed by atoms with van der Waals surface area (Å²) < 4.78 is 0. The predicted octanol–water partition coefficient (Wildman–Crippen LogP) is 7.86. The van der Waals surface area contributed by atoms with Crippen LogP contribution in [0.25, 0.3) is 33.4 Å². The molecule has 0 bridgehead atoms. The third-order valence-electron chi connectivity index (χ3n) is 7.67. The number of rotatable bonds is 3. The lowest BCUT2D eigenvalue weighted by atomic mass is 9.77. The van der Waals surface area contributed by atoms with Gasteiger partial charge in [-0.15, -0.1) is 0 Å². The first-order valence-corrected chi connectivity index (χ1v) is 12.6. The number of benzene rings is 4. The van der Waals surface area contributed by atoms with E-state index in [4.69, 9.17) is 0 Å². The molecule has 6 rings (SSSR count). The molecule has 34 heavy (non-hydrogen) atoms. The Morgan fingerprint density at radius 2 is 0.853 bits per heavy atom. The van der Waals surface area contributed by atoms with E-state index in [1.807, 2.05) is 36.4 Å². The minimum atomic E-state index is 0.306. The number of phenolic OH excluding ortho intramolecular Hbond substituents is 2. The molecule has 0 atom stereocenters. The van der Waals surface area contributed by atoms with Crippen LogP contribution in [0.3, 0.4) is 0 Å². The Morgan fingerprint density at radius 3 is 1.26 bits per heavy atom. The second-order valence-corrected chi connectivity index (χ2v) is 9.72. The molecule has 2 N–H and O–H groups in total. The van der Waals surface area contributed by atoms with Gasteiger partial charge in [0.05, 0.1) is 0 Å². The Bertz CT molecular complexity index is 1250. The van der Waals surface area contributed by atoms with Gasteiger partial charge in [0.25, 0.3) is 0 Å². The molecule has 0 saturated heterocycles. The van der Waals surface area contributed by atoms with Crippen LogP contribution in [0.5, 0.6) is 11.5 Å². The van der Waals surface area contributed by atoms with Crippen LogP contribution in [0.15, 0.2) is 72.8 Å². The highest BCUT2D eigenvalue weighted by molar-refractivity contribution is 5.93. The molecule has 2 heteroatoms. The zero-order valence-electron chi connectivity index (χ0n) is 19.5. The topological polar surface area (TPSA) is 40.5 Å². The predicted molar refractivity (Wildman–Crippen MR) is 139 cm³/mol. The van der Waals surface area contributed by atoms with Crippen LogP contribution in [0.1, 0.15) is 47.9 Å². The Hall–Kier alpha value is -3.52. The highest BCUT2D eigenvalue weighted by Crippen LogP contribution is 2.52. The van der Waals surface area contributed by atoms with Crippen LogP contribution < -0.4 is 0 Å². The first kappa shape index (κ1) is 21.0. The largest absolute Gasteiger partial charge is 0.507 e. The number of aromatic hydroxyl groups is 2. The van der Waals surface area contributed by atoms with Gasteiger partial charge in [0.2, 0.25) is 0 Å². The van der Waals surface area contributed by atoms with E-state index >= 15 is 0 Å². The molecular weight excluding hydrogens is 416 g/mol. The lowest BCUT2D eigenvalue weighted by Gasteiger charge is -2.28. The molecule has 0 aromatic heterocycles. The number of aryl methyl sites for hydroxylation is 2. The fourth-order valence-corrected chi connectivity index (χ4v) is 6.00. The molecule has 0 amide bonds. The van der Waals surface area contributed by atoms with Gasteiger partial charge in [-0.05, 0) is 96.9 Å². The fourth-order valence-electron chi connectivity index (χ4n) is 6.00. The zero-order valence-corrected chi connectivity index (χ0v) is 19.5. The van der Waals surface area contributed by atoms with Crippen molar-refractivity contribution in [3.63, 3.8) is 0 Å². The van der Waals surface area contributed by atoms with Crippen LogP contribution in [0.4, 0.5) is 0 Å². The Kier molecular flexibility index (Phi) is 5.37. The summed E-state index contributed by atoms with van der Waals surface area (Å²) in [7, 11) is 0. The second-order valence-electron chi connectivity index (χ2n) is 9.72. The molecule has 170 valence electrons. The maximum Gasteiger partial charge on any atom is 0.131 e. The van der Waals surface area contributed by atoms with Crippen molar-refractivity contribution in [2.45, 2.75) is 51.4 Å². The highest BCUT2D eigenvalue weighted by Gasteiger charge is 2.29. The Labute approximate surface area is 201 Å². The molecule has 0 unspecified atom stereocenters. The normalized spacial score (nSPS) is 14.9. The molecule has 0 saturated carbocycles. The van der Waals surface area contributed by atoms with E-state index in [0.29, 0.717) is 11.5 Å². The van der Waals surface area contributed by atoms with Crippen molar-refractivity contribution in [3.8, 4) is 44.9 Å². The monoisotopic (exact) mass is 446 g/mol. The van der Waals surface area contributed by atoms with Crippen LogP contribution in [0.2, 0.25) is 0 Å². The van der Waals surface area contributed by atoms with Crippen LogP contribution in [-0.2, 0) is 25.7 Å². The van der Waals surface area contributed by atoms with Gasteiger partial charge in [0.15, 0.2) is 0 Å². The Morgan fingerprint density at radius 1 is 0.471 bits per heavy atom. The fraction of sp³-hybridized carbons (Fsp3) is 0.250. The third-order valence-corrected chi connectivity index (χ3v) is 7.67. The van der Waals surface area contributed by atoms with Gasteiger partial charge in [-0.2, -0.15) is 0 Å². The van der Waals surface area contributed by atoms with E-state index in [-0.39, 0.29) is 0 Å². The van der Waals surface area contributed by atoms with Crippen molar-refractivity contribution in [2.24, 2.45) is 0 Å². The molecule has 0 fully saturated rings. The lowest BCUT2D eigenvalue weighted by Crippen LogP contribution is -2.10. The maximum absolute atomic E-state index is 11.8. The van der Waals surface area contributed by atoms with E-state index in [1.165, 1.54) is 35.1 Å². The van der Waals surface area contributed by atoms with Crippen molar-refractivity contribution in [1.82, 2.24) is 0 Å². The molecule has 0 aliphatic heterocycles. The van der Waals surface area contributed by atoms with Gasteiger partial charge in [0, 0.05) is 22.3 Å². The average Bonchev–Trinajstić information content (AvgIpc) is 2.90. The molecule has 4 aromatic rings. The van der Waals surface area contributed by atoms with Crippen molar-refractivity contribution in [1.29, 1.82) is 0 Å². The summed E-state index contributed by atoms with van der Waals surface area (Å²) in [6.45, 7) is 0. The first-order chi connectivity index (χ1) is 16.7. The van der Waals surface area contributed by atoms with Gasteiger partial charge in [-0.25, -0.2) is 0 Å². The maximum atomic E-state index is 11.8. The second kappa shape index (κ2) is 8.68. The molecular formula is C32H30O2. The van der Waals surface area contributed by atoms with Gasteiger partial charge in [0.1, 0.15) is 11.5 Å². The van der Waals surface area contributed by atoms with Crippen LogP contribution >= 0.6 is 0 Å². The molecule has 0 heterocycles. The minimum Gasteiger partial charge on any atom is -0.507 e. The number of phenols is 2. The highest BCUT2D eigenvalue weighted by atomic mass is 16.3. The van der Waals surface area contributed by atoms with E-state index in [1.54, 1.807) is 0 Å². The summed E-state index contributed by atoms with van der Waals surface area (Å²) in [6.07, 6.45) is 8.48. The van der Waals surface area contributed by atoms with Gasteiger partial charge < -0.3 is 10.2 Å². The van der Waals surface area contributed by atoms with Crippen molar-refractivity contribution < 1.29 is 10.2 Å². The molecule has 2 aliphatic carbocycles. The van der Waals surface area contributed by atoms with Crippen LogP contribution in [-0.4, -0.2) is 10.2 Å². The van der Waals surface area contributed by atoms with Crippen molar-refractivity contribution in [3.05, 3.63) is 95.1 Å². The lowest BCUT2D eigenvalue weighted by molar-refractivity contribution is 0.468. The third kappa shape index (κ3) is 3.49. The van der Waals surface area contributed by atoms with E-state index in [9.17, 15) is 10.2 Å². The van der Waals surface area contributed by atoms with Gasteiger partial charge in [-0.3, -0.25) is 0 Å². The van der Waals surface area contributed by atoms with Gasteiger partial charge >= 0.3 is 0 Å². The summed E-state index contributed by atoms with van der Waals surface area (Å²) in [6, 6.07) is 24.7. The SMILES string of the molecule is Oc1c(-c2ccccc2)cc2c(c1-c1c(O)c(-c3ccccc3)cc3c1CCCC3)CCCC2. The molecule has 2 aliphatic rings. The van der Waals surface area contributed by atoms with Crippen LogP contribution in [0, 0.1) is 0 Å². The molecule has 2 nitrogen and oxygen atoms in total. The zero-order chi connectivity index (χ0) is 23.1. The molecule has 0 spiro atoms. The summed E-state index contributed by atoms with van der Waals surface area (Å²) in [5, 5.41) is 23.7. The summed E-state index contributed by atoms with van der Waals surface area (Å²) >= 11 is 0. The summed E-state index contributed by atoms with van der Waals surface area (Å²) in [5.41, 5.74) is 10.6. The average molecular weight is 447 g/mol. The standard InChI is InChI=1S/C32H30O2/c33-31-27(21-11-3-1-4-12-21)19-23-15-7-9-17-25(23)29(31)30-26-18-10-8-16-24(26)20-28(32(30)34)22-13-5-2-6-14-22/h1-6,11-14,19-20,33-34H,7-10,15-18H2. The van der Waals surface area contributed by atoms with Crippen molar-refractivity contribution >= 4 is 0 Å². The van der Waals surface area contributed by atoms with Gasteiger partial charge in [-0.1, -0.05) is 60.7 Å². The number of hydrogen-bond acceptors (Lipinski definition) is 2. The smallest absolute Gasteiger partial charge is 0.131 e. The van der Waals surface area contributed by atoms with E-state index in [0.717, 1.165) is 71.9 Å². The summed E-state index contributed by atoms with van der Waals surface area (Å²) in [4.78, 5) is 0. The van der Waals surface area contributed by atoms with E-state index in [2.05, 4.69) is 36.4 Å². The molecule has 0 radical (unpaired) electrons.